The molecule has 0 aromatic heterocycles. The summed E-state index contributed by atoms with van der Waals surface area (Å²) < 4.78 is 38.8. The fourth-order valence-corrected chi connectivity index (χ4v) is 3.88. The minimum Gasteiger partial charge on any atom is -0.166 e. The lowest BCUT2D eigenvalue weighted by Gasteiger charge is -2.12. The maximum Gasteiger partial charge on any atom is 0.420 e. The van der Waals surface area contributed by atoms with Crippen LogP contribution in [0.4, 0.5) is 13.2 Å². The van der Waals surface area contributed by atoms with Crippen LogP contribution in [0.2, 0.25) is 0 Å². The Labute approximate surface area is 105 Å². The van der Waals surface area contributed by atoms with E-state index in [-0.39, 0.29) is 0 Å². The van der Waals surface area contributed by atoms with Crippen molar-refractivity contribution in [3.63, 3.8) is 0 Å². The van der Waals surface area contributed by atoms with E-state index in [2.05, 4.69) is 0 Å². The summed E-state index contributed by atoms with van der Waals surface area (Å²) in [5, 5.41) is 1.40. The van der Waals surface area contributed by atoms with Crippen LogP contribution in [-0.2, 0) is 6.18 Å². The van der Waals surface area contributed by atoms with Gasteiger partial charge in [0, 0.05) is 0 Å². The van der Waals surface area contributed by atoms with Crippen LogP contribution in [0, 0.1) is 0 Å². The number of halogens is 3. The zero-order chi connectivity index (χ0) is 13.2. The minimum absolute atomic E-state index is 0.418. The molecule has 0 heterocycles. The van der Waals surface area contributed by atoms with Gasteiger partial charge in [0.15, 0.2) is 0 Å². The smallest absolute Gasteiger partial charge is 0.166 e. The third kappa shape index (κ3) is 2.73. The van der Waals surface area contributed by atoms with E-state index in [1.807, 2.05) is 37.0 Å². The van der Waals surface area contributed by atoms with Gasteiger partial charge in [-0.2, -0.15) is 13.2 Å². The summed E-state index contributed by atoms with van der Waals surface area (Å²) in [6.45, 7) is 1.89. The lowest BCUT2D eigenvalue weighted by Crippen LogP contribution is -2.21. The van der Waals surface area contributed by atoms with Crippen LogP contribution in [0.3, 0.4) is 0 Å². The fourth-order valence-electron chi connectivity index (χ4n) is 1.90. The Balaban J connectivity index is 2.46. The fraction of sp³-hybridized carbons (Fsp3) is 0.143. The van der Waals surface area contributed by atoms with Gasteiger partial charge < -0.3 is 0 Å². The van der Waals surface area contributed by atoms with Crippen molar-refractivity contribution in [1.82, 2.24) is 0 Å². The van der Waals surface area contributed by atoms with Crippen molar-refractivity contribution in [2.45, 2.75) is 6.18 Å². The number of rotatable bonds is 2. The predicted molar refractivity (Wildman–Crippen MR) is 71.4 cm³/mol. The van der Waals surface area contributed by atoms with E-state index in [1.54, 1.807) is 12.1 Å². The van der Waals surface area contributed by atoms with Crippen LogP contribution in [0.1, 0.15) is 5.56 Å². The van der Waals surface area contributed by atoms with Gasteiger partial charge in [-0.3, -0.25) is 0 Å². The van der Waals surface area contributed by atoms with Gasteiger partial charge in [-0.05, 0) is 24.3 Å². The van der Waals surface area contributed by atoms with E-state index in [1.165, 1.54) is 6.07 Å². The molecule has 2 aromatic rings. The Hall–Kier alpha value is -1.34. The predicted octanol–water partition coefficient (Wildman–Crippen LogP) is 3.50. The van der Waals surface area contributed by atoms with Crippen molar-refractivity contribution in [3.8, 4) is 0 Å². The second-order valence-corrected chi connectivity index (χ2v) is 6.40. The monoisotopic (exact) mass is 269 g/mol. The van der Waals surface area contributed by atoms with Crippen LogP contribution in [-0.4, -0.2) is 6.66 Å². The number of hydrogen-bond donors (Lipinski definition) is 0. The van der Waals surface area contributed by atoms with E-state index >= 15 is 0 Å². The molecule has 0 aliphatic heterocycles. The molecule has 0 amide bonds. The first kappa shape index (κ1) is 13.1. The first-order chi connectivity index (χ1) is 8.50. The van der Waals surface area contributed by atoms with E-state index in [4.69, 9.17) is 0 Å². The maximum absolute atomic E-state index is 12.9. The molecule has 2 aromatic carbocycles. The molecule has 0 N–H and O–H groups in total. The van der Waals surface area contributed by atoms with Crippen LogP contribution in [0.25, 0.3) is 0 Å². The van der Waals surface area contributed by atoms with Crippen molar-refractivity contribution >= 4 is 18.5 Å². The van der Waals surface area contributed by atoms with Crippen molar-refractivity contribution in [2.75, 3.05) is 6.66 Å². The summed E-state index contributed by atoms with van der Waals surface area (Å²) >= 11 is 0. The Bertz CT molecular complexity index is 520. The molecule has 0 fully saturated rings. The number of hydrogen-bond acceptors (Lipinski definition) is 0. The molecule has 0 saturated carbocycles. The third-order valence-corrected chi connectivity index (χ3v) is 5.29. The quantitative estimate of drug-likeness (QED) is 0.732. The first-order valence-electron chi connectivity index (χ1n) is 5.55. The first-order valence-corrected chi connectivity index (χ1v) is 7.55. The molecule has 2 rings (SSSR count). The highest BCUT2D eigenvalue weighted by Crippen LogP contribution is 2.36. The van der Waals surface area contributed by atoms with Crippen molar-refractivity contribution in [2.24, 2.45) is 0 Å². The van der Waals surface area contributed by atoms with E-state index in [9.17, 15) is 13.2 Å². The summed E-state index contributed by atoms with van der Waals surface area (Å²) in [6.07, 6.45) is -4.28. The highest BCUT2D eigenvalue weighted by atomic mass is 31.1. The van der Waals surface area contributed by atoms with Gasteiger partial charge in [0.1, 0.15) is 5.30 Å². The summed E-state index contributed by atoms with van der Waals surface area (Å²) in [7, 11) is -1.38. The minimum atomic E-state index is -4.28. The van der Waals surface area contributed by atoms with Gasteiger partial charge in [-0.25, -0.2) is 0 Å². The number of alkyl halides is 3. The topological polar surface area (TPSA) is 0 Å². The normalized spacial score (nSPS) is 13.3. The van der Waals surface area contributed by atoms with Gasteiger partial charge in [-0.1, -0.05) is 30.3 Å². The average Bonchev–Trinajstić information content (AvgIpc) is 2.38. The second kappa shape index (κ2) is 5.11. The standard InChI is InChI=1S/C14H12F3P/c1-18(11-7-3-2-4-8-11)13-10-6-5-9-12(13)14(15,16)17/h2-10H,1H3/p+1. The molecule has 1 atom stereocenters. The Morgan fingerprint density at radius 3 is 2.00 bits per heavy atom. The van der Waals surface area contributed by atoms with Crippen LogP contribution >= 0.6 is 7.92 Å². The zero-order valence-corrected chi connectivity index (χ0v) is 10.8. The van der Waals surface area contributed by atoms with E-state index < -0.39 is 19.7 Å². The van der Waals surface area contributed by atoms with Crippen molar-refractivity contribution in [3.05, 3.63) is 60.2 Å². The van der Waals surface area contributed by atoms with Crippen molar-refractivity contribution in [1.29, 1.82) is 0 Å². The molecule has 0 radical (unpaired) electrons. The molecule has 94 valence electrons. The van der Waals surface area contributed by atoms with Gasteiger partial charge in [0.2, 0.25) is 0 Å². The van der Waals surface area contributed by atoms with Crippen LogP contribution in [0.15, 0.2) is 54.6 Å². The molecule has 0 aliphatic rings. The van der Waals surface area contributed by atoms with Gasteiger partial charge >= 0.3 is 6.18 Å². The molecule has 18 heavy (non-hydrogen) atoms. The van der Waals surface area contributed by atoms with E-state index in [0.717, 1.165) is 11.4 Å². The largest absolute Gasteiger partial charge is 0.420 e. The second-order valence-electron chi connectivity index (χ2n) is 4.03. The van der Waals surface area contributed by atoms with Crippen LogP contribution < -0.4 is 10.6 Å². The Morgan fingerprint density at radius 2 is 1.39 bits per heavy atom. The number of benzene rings is 2. The summed E-state index contributed by atoms with van der Waals surface area (Å²) in [4.78, 5) is 0. The molecule has 0 aliphatic carbocycles. The zero-order valence-electron chi connectivity index (χ0n) is 9.83. The van der Waals surface area contributed by atoms with E-state index in [0.29, 0.717) is 5.30 Å². The van der Waals surface area contributed by atoms with Gasteiger partial charge in [0.25, 0.3) is 0 Å². The lowest BCUT2D eigenvalue weighted by molar-refractivity contribution is -0.136. The molecule has 1 unspecified atom stereocenters. The van der Waals surface area contributed by atoms with Gasteiger partial charge in [-0.15, -0.1) is 0 Å². The third-order valence-electron chi connectivity index (χ3n) is 2.84. The molecular weight excluding hydrogens is 256 g/mol. The molecular formula is C14H13F3P+. The lowest BCUT2D eigenvalue weighted by atomic mass is 10.2. The Morgan fingerprint density at radius 1 is 0.833 bits per heavy atom. The molecule has 0 nitrogen and oxygen atoms in total. The van der Waals surface area contributed by atoms with Gasteiger partial charge in [0.05, 0.1) is 25.5 Å². The summed E-state index contributed by atoms with van der Waals surface area (Å²) in [6, 6.07) is 15.2. The average molecular weight is 269 g/mol. The molecule has 0 spiro atoms. The molecule has 4 heteroatoms. The van der Waals surface area contributed by atoms with Crippen LogP contribution in [0.5, 0.6) is 0 Å². The SMILES string of the molecule is C[PH+](c1ccccc1)c1ccccc1C(F)(F)F. The Kier molecular flexibility index (Phi) is 3.72. The molecule has 0 saturated heterocycles. The summed E-state index contributed by atoms with van der Waals surface area (Å²) in [5.41, 5.74) is -0.509. The van der Waals surface area contributed by atoms with Crippen molar-refractivity contribution < 1.29 is 13.2 Å². The highest BCUT2D eigenvalue weighted by Gasteiger charge is 2.37. The molecule has 0 bridgehead atoms. The highest BCUT2D eigenvalue weighted by molar-refractivity contribution is 7.72. The summed E-state index contributed by atoms with van der Waals surface area (Å²) in [5.74, 6) is 0. The maximum atomic E-state index is 12.9.